The van der Waals surface area contributed by atoms with Crippen molar-refractivity contribution in [1.82, 2.24) is 4.90 Å². The number of carboxylic acid groups (broad SMARTS) is 1. The predicted molar refractivity (Wildman–Crippen MR) is 59.5 cm³/mol. The molecule has 17 heavy (non-hydrogen) atoms. The number of benzene rings is 1. The molecule has 0 radical (unpaired) electrons. The molecule has 2 rings (SSSR count). The predicted octanol–water partition coefficient (Wildman–Crippen LogP) is 1.11. The van der Waals surface area contributed by atoms with Crippen LogP contribution in [0.5, 0.6) is 0 Å². The van der Waals surface area contributed by atoms with Crippen LogP contribution in [-0.2, 0) is 11.3 Å². The molecule has 6 nitrogen and oxygen atoms in total. The van der Waals surface area contributed by atoms with E-state index in [1.165, 1.54) is 12.1 Å². The third-order valence-electron chi connectivity index (χ3n) is 2.83. The summed E-state index contributed by atoms with van der Waals surface area (Å²) in [7, 11) is 0. The summed E-state index contributed by atoms with van der Waals surface area (Å²) in [6.07, 6.45) is 0. The van der Waals surface area contributed by atoms with E-state index in [4.69, 9.17) is 5.11 Å². The van der Waals surface area contributed by atoms with Crippen molar-refractivity contribution >= 4 is 11.7 Å². The Morgan fingerprint density at radius 3 is 2.82 bits per heavy atom. The topological polar surface area (TPSA) is 83.7 Å². The molecule has 1 aromatic carbocycles. The van der Waals surface area contributed by atoms with E-state index in [0.717, 1.165) is 5.56 Å². The molecule has 1 aliphatic heterocycles. The van der Waals surface area contributed by atoms with Crippen LogP contribution in [-0.4, -0.2) is 34.0 Å². The Balaban J connectivity index is 1.94. The molecule has 1 aliphatic rings. The summed E-state index contributed by atoms with van der Waals surface area (Å²) >= 11 is 0. The van der Waals surface area contributed by atoms with Gasteiger partial charge in [-0.2, -0.15) is 0 Å². The first kappa shape index (κ1) is 11.5. The summed E-state index contributed by atoms with van der Waals surface area (Å²) in [5.74, 6) is -1.08. The summed E-state index contributed by atoms with van der Waals surface area (Å²) in [5.41, 5.74) is 0.904. The summed E-state index contributed by atoms with van der Waals surface area (Å²) < 4.78 is 0. The van der Waals surface area contributed by atoms with Gasteiger partial charge in [0, 0.05) is 31.8 Å². The fourth-order valence-electron chi connectivity index (χ4n) is 1.88. The SMILES string of the molecule is O=C(O)C1CN(Cc2cccc([N+](=O)[O-])c2)C1. The number of hydrogen-bond acceptors (Lipinski definition) is 4. The van der Waals surface area contributed by atoms with Crippen molar-refractivity contribution in [2.45, 2.75) is 6.54 Å². The number of rotatable bonds is 4. The zero-order valence-corrected chi connectivity index (χ0v) is 9.07. The van der Waals surface area contributed by atoms with E-state index in [2.05, 4.69) is 0 Å². The Kier molecular flexibility index (Phi) is 3.06. The molecule has 90 valence electrons. The largest absolute Gasteiger partial charge is 0.481 e. The fraction of sp³-hybridized carbons (Fsp3) is 0.364. The summed E-state index contributed by atoms with van der Waals surface area (Å²) in [5, 5.41) is 19.3. The molecular weight excluding hydrogens is 224 g/mol. The van der Waals surface area contributed by atoms with Gasteiger partial charge in [-0.15, -0.1) is 0 Å². The van der Waals surface area contributed by atoms with E-state index in [1.54, 1.807) is 12.1 Å². The summed E-state index contributed by atoms with van der Waals surface area (Å²) in [6.45, 7) is 1.58. The second kappa shape index (κ2) is 4.50. The molecule has 0 aliphatic carbocycles. The van der Waals surface area contributed by atoms with E-state index in [-0.39, 0.29) is 11.6 Å². The van der Waals surface area contributed by atoms with Gasteiger partial charge >= 0.3 is 5.97 Å². The maximum absolute atomic E-state index is 10.6. The zero-order chi connectivity index (χ0) is 12.4. The molecule has 1 N–H and O–H groups in total. The van der Waals surface area contributed by atoms with Crippen molar-refractivity contribution < 1.29 is 14.8 Å². The van der Waals surface area contributed by atoms with Crippen LogP contribution in [0.1, 0.15) is 5.56 Å². The lowest BCUT2D eigenvalue weighted by Gasteiger charge is -2.36. The molecule has 1 saturated heterocycles. The Labute approximate surface area is 97.6 Å². The molecule has 0 amide bonds. The van der Waals surface area contributed by atoms with Gasteiger partial charge < -0.3 is 5.11 Å². The Hall–Kier alpha value is -1.95. The van der Waals surface area contributed by atoms with Crippen LogP contribution >= 0.6 is 0 Å². The average Bonchev–Trinajstić information content (AvgIpc) is 2.22. The highest BCUT2D eigenvalue weighted by Crippen LogP contribution is 2.20. The molecular formula is C11H12N2O4. The van der Waals surface area contributed by atoms with E-state index in [9.17, 15) is 14.9 Å². The summed E-state index contributed by atoms with van der Waals surface area (Å²) in [6, 6.07) is 6.41. The molecule has 1 aromatic rings. The lowest BCUT2D eigenvalue weighted by molar-refractivity contribution is -0.384. The number of hydrogen-bond donors (Lipinski definition) is 1. The maximum atomic E-state index is 10.6. The minimum Gasteiger partial charge on any atom is -0.481 e. The molecule has 0 spiro atoms. The number of nitrogens with zero attached hydrogens (tertiary/aromatic N) is 2. The standard InChI is InChI=1S/C11H12N2O4/c14-11(15)9-6-12(7-9)5-8-2-1-3-10(4-8)13(16)17/h1-4,9H,5-7H2,(H,14,15). The van der Waals surface area contributed by atoms with Gasteiger partial charge in [-0.1, -0.05) is 12.1 Å². The number of nitro groups is 1. The van der Waals surface area contributed by atoms with E-state index >= 15 is 0 Å². The molecule has 0 bridgehead atoms. The number of non-ortho nitro benzene ring substituents is 1. The number of carbonyl (C=O) groups is 1. The lowest BCUT2D eigenvalue weighted by Crippen LogP contribution is -2.49. The average molecular weight is 236 g/mol. The van der Waals surface area contributed by atoms with Crippen LogP contribution in [0.3, 0.4) is 0 Å². The Morgan fingerprint density at radius 2 is 2.24 bits per heavy atom. The van der Waals surface area contributed by atoms with Gasteiger partial charge in [-0.25, -0.2) is 0 Å². The second-order valence-corrected chi connectivity index (χ2v) is 4.16. The van der Waals surface area contributed by atoms with Gasteiger partial charge in [0.15, 0.2) is 0 Å². The first-order valence-electron chi connectivity index (χ1n) is 5.25. The van der Waals surface area contributed by atoms with E-state index in [1.807, 2.05) is 4.90 Å². The van der Waals surface area contributed by atoms with Gasteiger partial charge in [0.1, 0.15) is 0 Å². The van der Waals surface area contributed by atoms with Gasteiger partial charge in [-0.05, 0) is 5.56 Å². The summed E-state index contributed by atoms with van der Waals surface area (Å²) in [4.78, 5) is 22.7. The van der Waals surface area contributed by atoms with Crippen molar-refractivity contribution in [2.24, 2.45) is 5.92 Å². The normalized spacial score (nSPS) is 16.5. The number of carboxylic acids is 1. The number of aliphatic carboxylic acids is 1. The Bertz CT molecular complexity index is 455. The van der Waals surface area contributed by atoms with Crippen LogP contribution in [0, 0.1) is 16.0 Å². The van der Waals surface area contributed by atoms with Gasteiger partial charge in [0.25, 0.3) is 5.69 Å². The number of nitro benzene ring substituents is 1. The van der Waals surface area contributed by atoms with Gasteiger partial charge in [0.05, 0.1) is 10.8 Å². The molecule has 0 saturated carbocycles. The first-order valence-corrected chi connectivity index (χ1v) is 5.25. The molecule has 0 aromatic heterocycles. The fourth-order valence-corrected chi connectivity index (χ4v) is 1.88. The van der Waals surface area contributed by atoms with Crippen molar-refractivity contribution in [2.75, 3.05) is 13.1 Å². The molecule has 0 unspecified atom stereocenters. The van der Waals surface area contributed by atoms with Crippen molar-refractivity contribution in [3.05, 3.63) is 39.9 Å². The minimum atomic E-state index is -0.778. The Morgan fingerprint density at radius 1 is 1.53 bits per heavy atom. The molecule has 6 heteroatoms. The van der Waals surface area contributed by atoms with Crippen LogP contribution in [0.25, 0.3) is 0 Å². The highest BCUT2D eigenvalue weighted by Gasteiger charge is 2.32. The lowest BCUT2D eigenvalue weighted by atomic mass is 9.99. The smallest absolute Gasteiger partial charge is 0.309 e. The highest BCUT2D eigenvalue weighted by atomic mass is 16.6. The third-order valence-corrected chi connectivity index (χ3v) is 2.83. The number of likely N-dealkylation sites (tertiary alicyclic amines) is 1. The van der Waals surface area contributed by atoms with E-state index < -0.39 is 10.9 Å². The van der Waals surface area contributed by atoms with Crippen molar-refractivity contribution in [3.8, 4) is 0 Å². The van der Waals surface area contributed by atoms with Crippen molar-refractivity contribution in [3.63, 3.8) is 0 Å². The van der Waals surface area contributed by atoms with E-state index in [0.29, 0.717) is 19.6 Å². The third kappa shape index (κ3) is 2.59. The highest BCUT2D eigenvalue weighted by molar-refractivity contribution is 5.71. The van der Waals surface area contributed by atoms with Gasteiger partial charge in [0.2, 0.25) is 0 Å². The molecule has 0 atom stereocenters. The van der Waals surface area contributed by atoms with Crippen LogP contribution in [0.2, 0.25) is 0 Å². The zero-order valence-electron chi connectivity index (χ0n) is 9.07. The van der Waals surface area contributed by atoms with Crippen LogP contribution in [0.15, 0.2) is 24.3 Å². The van der Waals surface area contributed by atoms with Crippen LogP contribution < -0.4 is 0 Å². The van der Waals surface area contributed by atoms with Crippen molar-refractivity contribution in [1.29, 1.82) is 0 Å². The first-order chi connectivity index (χ1) is 8.06. The maximum Gasteiger partial charge on any atom is 0.309 e. The quantitative estimate of drug-likeness (QED) is 0.625. The second-order valence-electron chi connectivity index (χ2n) is 4.16. The monoisotopic (exact) mass is 236 g/mol. The minimum absolute atomic E-state index is 0.0674. The molecule has 1 fully saturated rings. The van der Waals surface area contributed by atoms with Gasteiger partial charge in [-0.3, -0.25) is 19.8 Å². The molecule has 1 heterocycles. The van der Waals surface area contributed by atoms with Crippen LogP contribution in [0.4, 0.5) is 5.69 Å².